The maximum atomic E-state index is 12.8. The first-order valence-corrected chi connectivity index (χ1v) is 11.2. The summed E-state index contributed by atoms with van der Waals surface area (Å²) in [5, 5.41) is 7.21. The van der Waals surface area contributed by atoms with E-state index in [0.29, 0.717) is 29.1 Å². The molecule has 0 saturated carbocycles. The van der Waals surface area contributed by atoms with Gasteiger partial charge in [-0.15, -0.1) is 5.10 Å². The number of nitrogens with zero attached hydrogens (tertiary/aromatic N) is 6. The molecular formula is C27H34F2N6O2. The number of allylic oxidation sites excluding steroid dienone is 5. The number of pyridine rings is 1. The summed E-state index contributed by atoms with van der Waals surface area (Å²) in [6, 6.07) is 1.92. The molecule has 0 aromatic carbocycles. The second-order valence-electron chi connectivity index (χ2n) is 7.76. The zero-order chi connectivity index (χ0) is 27.8. The van der Waals surface area contributed by atoms with Crippen molar-refractivity contribution in [3.05, 3.63) is 83.5 Å². The minimum Gasteiger partial charge on any atom is -0.494 e. The zero-order valence-electron chi connectivity index (χ0n) is 22.0. The maximum Gasteiger partial charge on any atom is 0.263 e. The molecule has 1 aromatic heterocycles. The Morgan fingerprint density at radius 2 is 1.97 bits per heavy atom. The van der Waals surface area contributed by atoms with Gasteiger partial charge >= 0.3 is 0 Å². The van der Waals surface area contributed by atoms with Gasteiger partial charge < -0.3 is 14.4 Å². The summed E-state index contributed by atoms with van der Waals surface area (Å²) >= 11 is 0. The number of methoxy groups -OCH3 is 1. The van der Waals surface area contributed by atoms with E-state index in [2.05, 4.69) is 45.0 Å². The van der Waals surface area contributed by atoms with Gasteiger partial charge in [-0.25, -0.2) is 13.8 Å². The highest BCUT2D eigenvalue weighted by Crippen LogP contribution is 2.18. The predicted octanol–water partition coefficient (Wildman–Crippen LogP) is 5.49. The highest BCUT2D eigenvalue weighted by molar-refractivity contribution is 6.14. The minimum atomic E-state index is -2.61. The lowest BCUT2D eigenvalue weighted by atomic mass is 10.1. The molecular weight excluding hydrogens is 478 g/mol. The number of rotatable bonds is 14. The SMILES string of the molecule is C=C/C(=C\C=C(/C)OC/C(C)=C(/C=NC)C(=NC(=C)c1cncc(CN(C)/C=N\N=C)c1)OC)C(F)F. The fraction of sp³-hybridized carbons (Fsp3) is 0.296. The van der Waals surface area contributed by atoms with E-state index in [1.807, 2.05) is 24.9 Å². The van der Waals surface area contributed by atoms with Gasteiger partial charge in [0.1, 0.15) is 12.9 Å². The van der Waals surface area contributed by atoms with Crippen molar-refractivity contribution in [3.63, 3.8) is 0 Å². The standard InChI is InChI=1S/C27H34F2N6O2/c1-9-23(26(28)29)11-10-20(3)37-17-19(2)25(15-30-5)27(36-8)34-21(4)24-12-22(13-32-14-24)16-35(7)18-33-31-6/h9-15,18,26H,1,4,6,16-17H2,2-3,5,7-8H3/b20-10+,23-11+,25-19-,30-15?,33-18-,34-27?. The Kier molecular flexibility index (Phi) is 13.7. The van der Waals surface area contributed by atoms with E-state index in [-0.39, 0.29) is 18.1 Å². The highest BCUT2D eigenvalue weighted by Gasteiger charge is 2.13. The number of aromatic nitrogens is 1. The van der Waals surface area contributed by atoms with Crippen molar-refractivity contribution in [1.29, 1.82) is 0 Å². The van der Waals surface area contributed by atoms with Crippen molar-refractivity contribution in [2.45, 2.75) is 26.8 Å². The Labute approximate surface area is 217 Å². The van der Waals surface area contributed by atoms with Gasteiger partial charge in [-0.2, -0.15) is 5.10 Å². The molecule has 0 atom stereocenters. The Bertz CT molecular complexity index is 1130. The molecule has 0 amide bonds. The van der Waals surface area contributed by atoms with Crippen LogP contribution in [-0.2, 0) is 16.0 Å². The van der Waals surface area contributed by atoms with Crippen LogP contribution in [0, 0.1) is 0 Å². The third-order valence-corrected chi connectivity index (χ3v) is 4.78. The molecule has 0 aliphatic rings. The summed E-state index contributed by atoms with van der Waals surface area (Å²) in [7, 11) is 4.98. The Morgan fingerprint density at radius 1 is 1.24 bits per heavy atom. The molecule has 1 aromatic rings. The number of halogens is 2. The second kappa shape index (κ2) is 16.5. The molecule has 10 heteroatoms. The van der Waals surface area contributed by atoms with Gasteiger partial charge in [-0.3, -0.25) is 9.98 Å². The molecule has 0 radical (unpaired) electrons. The summed E-state index contributed by atoms with van der Waals surface area (Å²) in [4.78, 5) is 14.8. The van der Waals surface area contributed by atoms with Crippen LogP contribution >= 0.6 is 0 Å². The summed E-state index contributed by atoms with van der Waals surface area (Å²) in [5.41, 5.74) is 3.25. The third-order valence-electron chi connectivity index (χ3n) is 4.78. The van der Waals surface area contributed by atoms with Gasteiger partial charge in [0.25, 0.3) is 6.43 Å². The van der Waals surface area contributed by atoms with Crippen molar-refractivity contribution in [3.8, 4) is 0 Å². The molecule has 0 N–H and O–H groups in total. The van der Waals surface area contributed by atoms with E-state index in [4.69, 9.17) is 9.47 Å². The first-order valence-electron chi connectivity index (χ1n) is 11.2. The van der Waals surface area contributed by atoms with Crippen LogP contribution in [0.1, 0.15) is 25.0 Å². The highest BCUT2D eigenvalue weighted by atomic mass is 19.3. The van der Waals surface area contributed by atoms with Crippen LogP contribution in [0.3, 0.4) is 0 Å². The van der Waals surface area contributed by atoms with Crippen LogP contribution < -0.4 is 0 Å². The van der Waals surface area contributed by atoms with Crippen LogP contribution in [0.4, 0.5) is 8.78 Å². The Hall–Kier alpha value is -4.21. The van der Waals surface area contributed by atoms with Crippen LogP contribution in [0.15, 0.2) is 92.5 Å². The third kappa shape index (κ3) is 10.9. The number of hydrogen-bond donors (Lipinski definition) is 0. The number of alkyl halides is 2. The van der Waals surface area contributed by atoms with E-state index in [1.54, 1.807) is 38.9 Å². The van der Waals surface area contributed by atoms with E-state index in [0.717, 1.165) is 17.2 Å². The lowest BCUT2D eigenvalue weighted by molar-refractivity contribution is 0.194. The molecule has 0 aliphatic carbocycles. The van der Waals surface area contributed by atoms with Crippen molar-refractivity contribution in [2.24, 2.45) is 20.2 Å². The molecule has 37 heavy (non-hydrogen) atoms. The first-order chi connectivity index (χ1) is 17.7. The molecule has 0 aliphatic heterocycles. The Morgan fingerprint density at radius 3 is 2.57 bits per heavy atom. The monoisotopic (exact) mass is 512 g/mol. The van der Waals surface area contributed by atoms with Gasteiger partial charge in [0.15, 0.2) is 0 Å². The lowest BCUT2D eigenvalue weighted by Crippen LogP contribution is -2.15. The smallest absolute Gasteiger partial charge is 0.263 e. The molecule has 1 rings (SSSR count). The molecule has 0 saturated heterocycles. The van der Waals surface area contributed by atoms with Crippen molar-refractivity contribution < 1.29 is 18.3 Å². The van der Waals surface area contributed by atoms with Crippen LogP contribution in [0.2, 0.25) is 0 Å². The molecule has 0 unspecified atom stereocenters. The predicted molar refractivity (Wildman–Crippen MR) is 148 cm³/mol. The molecule has 0 spiro atoms. The maximum absolute atomic E-state index is 12.8. The van der Waals surface area contributed by atoms with Gasteiger partial charge in [-0.1, -0.05) is 25.3 Å². The average Bonchev–Trinajstić information content (AvgIpc) is 2.88. The quantitative estimate of drug-likeness (QED) is 0.109. The fourth-order valence-corrected chi connectivity index (χ4v) is 2.86. The minimum absolute atomic E-state index is 0.162. The topological polar surface area (TPSA) is 84.0 Å². The number of ether oxygens (including phenoxy) is 2. The van der Waals surface area contributed by atoms with Gasteiger partial charge in [0.05, 0.1) is 24.1 Å². The second-order valence-corrected chi connectivity index (χ2v) is 7.76. The van der Waals surface area contributed by atoms with Gasteiger partial charge in [-0.05, 0) is 37.1 Å². The first kappa shape index (κ1) is 30.8. The summed E-state index contributed by atoms with van der Waals surface area (Å²) in [5.74, 6) is 0.741. The summed E-state index contributed by atoms with van der Waals surface area (Å²) in [6.45, 7) is 15.0. The van der Waals surface area contributed by atoms with E-state index in [1.165, 1.54) is 19.3 Å². The normalized spacial score (nSPS) is 13.7. The summed E-state index contributed by atoms with van der Waals surface area (Å²) < 4.78 is 37.0. The number of hydrogen-bond acceptors (Lipinski definition) is 7. The molecule has 8 nitrogen and oxygen atoms in total. The van der Waals surface area contributed by atoms with Crippen LogP contribution in [0.25, 0.3) is 5.70 Å². The van der Waals surface area contributed by atoms with E-state index in [9.17, 15) is 8.78 Å². The largest absolute Gasteiger partial charge is 0.494 e. The zero-order valence-corrected chi connectivity index (χ0v) is 22.0. The van der Waals surface area contributed by atoms with Crippen molar-refractivity contribution >= 4 is 30.9 Å². The number of aliphatic imine (C=N–C) groups is 2. The Balaban J connectivity index is 3.16. The molecule has 0 fully saturated rings. The van der Waals surface area contributed by atoms with Crippen molar-refractivity contribution in [2.75, 3.05) is 27.8 Å². The van der Waals surface area contributed by atoms with Gasteiger partial charge in [0.2, 0.25) is 5.90 Å². The van der Waals surface area contributed by atoms with Crippen LogP contribution in [-0.4, -0.2) is 69.3 Å². The molecule has 1 heterocycles. The molecule has 198 valence electrons. The lowest BCUT2D eigenvalue weighted by Gasteiger charge is -2.14. The van der Waals surface area contributed by atoms with E-state index < -0.39 is 6.43 Å². The fourth-order valence-electron chi connectivity index (χ4n) is 2.86. The summed E-state index contributed by atoms with van der Waals surface area (Å²) in [6.07, 6.45) is 7.82. The molecule has 0 bridgehead atoms. The van der Waals surface area contributed by atoms with Crippen molar-refractivity contribution in [1.82, 2.24) is 9.88 Å². The van der Waals surface area contributed by atoms with E-state index >= 15 is 0 Å². The average molecular weight is 513 g/mol. The van der Waals surface area contributed by atoms with Crippen LogP contribution in [0.5, 0.6) is 0 Å². The van der Waals surface area contributed by atoms with Gasteiger partial charge in [0, 0.05) is 57.1 Å².